The zero-order valence-electron chi connectivity index (χ0n) is 11.7. The number of benzene rings is 1. The second-order valence-corrected chi connectivity index (χ2v) is 5.16. The molecule has 1 saturated carbocycles. The SMILES string of the molecule is COc1ccc(NC(=O)[C@@H]2CCC[C@@H]2C(=O)O)cc1C. The van der Waals surface area contributed by atoms with Gasteiger partial charge in [0, 0.05) is 5.69 Å². The van der Waals surface area contributed by atoms with Gasteiger partial charge < -0.3 is 15.2 Å². The van der Waals surface area contributed by atoms with Gasteiger partial charge in [0.2, 0.25) is 5.91 Å². The number of carboxylic acid groups (broad SMARTS) is 1. The van der Waals surface area contributed by atoms with Crippen LogP contribution in [0.3, 0.4) is 0 Å². The molecule has 1 aliphatic rings. The van der Waals surface area contributed by atoms with Gasteiger partial charge in [-0.05, 0) is 43.5 Å². The molecule has 0 heterocycles. The lowest BCUT2D eigenvalue weighted by Crippen LogP contribution is -2.30. The van der Waals surface area contributed by atoms with Gasteiger partial charge in [-0.2, -0.15) is 0 Å². The van der Waals surface area contributed by atoms with E-state index >= 15 is 0 Å². The van der Waals surface area contributed by atoms with E-state index in [4.69, 9.17) is 9.84 Å². The molecule has 108 valence electrons. The maximum Gasteiger partial charge on any atom is 0.307 e. The molecule has 1 aliphatic carbocycles. The minimum atomic E-state index is -0.881. The van der Waals surface area contributed by atoms with Crippen molar-refractivity contribution in [1.29, 1.82) is 0 Å². The Bertz CT molecular complexity index is 527. The van der Waals surface area contributed by atoms with Gasteiger partial charge in [-0.15, -0.1) is 0 Å². The normalized spacial score (nSPS) is 21.5. The number of carboxylic acids is 1. The number of amides is 1. The first-order chi connectivity index (χ1) is 9.52. The third-order valence-electron chi connectivity index (χ3n) is 3.83. The summed E-state index contributed by atoms with van der Waals surface area (Å²) in [6.45, 7) is 1.89. The molecule has 0 spiro atoms. The second-order valence-electron chi connectivity index (χ2n) is 5.16. The van der Waals surface area contributed by atoms with Crippen molar-refractivity contribution in [2.75, 3.05) is 12.4 Å². The lowest BCUT2D eigenvalue weighted by Gasteiger charge is -2.16. The number of aryl methyl sites for hydroxylation is 1. The molecule has 0 unspecified atom stereocenters. The smallest absolute Gasteiger partial charge is 0.307 e. The fraction of sp³-hybridized carbons (Fsp3) is 0.467. The summed E-state index contributed by atoms with van der Waals surface area (Å²) >= 11 is 0. The molecule has 2 rings (SSSR count). The number of nitrogens with one attached hydrogen (secondary N) is 1. The largest absolute Gasteiger partial charge is 0.496 e. The van der Waals surface area contributed by atoms with Crippen LogP contribution < -0.4 is 10.1 Å². The van der Waals surface area contributed by atoms with Crippen molar-refractivity contribution < 1.29 is 19.4 Å². The summed E-state index contributed by atoms with van der Waals surface area (Å²) in [5.74, 6) is -1.33. The highest BCUT2D eigenvalue weighted by molar-refractivity contribution is 5.95. The van der Waals surface area contributed by atoms with Crippen LogP contribution in [0.5, 0.6) is 5.75 Å². The molecule has 0 saturated heterocycles. The van der Waals surface area contributed by atoms with Gasteiger partial charge in [0.05, 0.1) is 18.9 Å². The molecule has 5 nitrogen and oxygen atoms in total. The van der Waals surface area contributed by atoms with E-state index in [1.807, 2.05) is 13.0 Å². The molecule has 0 radical (unpaired) electrons. The highest BCUT2D eigenvalue weighted by Gasteiger charge is 2.37. The van der Waals surface area contributed by atoms with Crippen molar-refractivity contribution in [2.24, 2.45) is 11.8 Å². The summed E-state index contributed by atoms with van der Waals surface area (Å²) in [6.07, 6.45) is 2.00. The maximum atomic E-state index is 12.2. The van der Waals surface area contributed by atoms with Crippen molar-refractivity contribution in [3.05, 3.63) is 23.8 Å². The fourth-order valence-corrected chi connectivity index (χ4v) is 2.76. The quantitative estimate of drug-likeness (QED) is 0.886. The molecule has 1 fully saturated rings. The van der Waals surface area contributed by atoms with Crippen molar-refractivity contribution in [3.63, 3.8) is 0 Å². The third-order valence-corrected chi connectivity index (χ3v) is 3.83. The van der Waals surface area contributed by atoms with E-state index in [0.717, 1.165) is 17.7 Å². The second kappa shape index (κ2) is 5.94. The molecule has 1 aromatic rings. The molecule has 2 atom stereocenters. The molecule has 1 aromatic carbocycles. The van der Waals surface area contributed by atoms with Crippen LogP contribution in [0.15, 0.2) is 18.2 Å². The van der Waals surface area contributed by atoms with Gasteiger partial charge in [0.1, 0.15) is 5.75 Å². The number of rotatable bonds is 4. The zero-order valence-corrected chi connectivity index (χ0v) is 11.7. The molecule has 0 aliphatic heterocycles. The fourth-order valence-electron chi connectivity index (χ4n) is 2.76. The van der Waals surface area contributed by atoms with Gasteiger partial charge in [-0.1, -0.05) is 6.42 Å². The van der Waals surface area contributed by atoms with Crippen LogP contribution in [-0.2, 0) is 9.59 Å². The van der Waals surface area contributed by atoms with Gasteiger partial charge in [0.25, 0.3) is 0 Å². The maximum absolute atomic E-state index is 12.2. The summed E-state index contributed by atoms with van der Waals surface area (Å²) in [4.78, 5) is 23.3. The van der Waals surface area contributed by atoms with Crippen LogP contribution >= 0.6 is 0 Å². The van der Waals surface area contributed by atoms with Crippen LogP contribution in [0.4, 0.5) is 5.69 Å². The number of ether oxygens (including phenoxy) is 1. The van der Waals surface area contributed by atoms with Crippen LogP contribution in [0.1, 0.15) is 24.8 Å². The van der Waals surface area contributed by atoms with E-state index in [1.165, 1.54) is 0 Å². The van der Waals surface area contributed by atoms with Crippen LogP contribution in [0.25, 0.3) is 0 Å². The molecular formula is C15H19NO4. The Hall–Kier alpha value is -2.04. The molecular weight excluding hydrogens is 258 g/mol. The number of hydrogen-bond donors (Lipinski definition) is 2. The third kappa shape index (κ3) is 2.92. The highest BCUT2D eigenvalue weighted by Crippen LogP contribution is 2.33. The average molecular weight is 277 g/mol. The van der Waals surface area contributed by atoms with Gasteiger partial charge >= 0.3 is 5.97 Å². The monoisotopic (exact) mass is 277 g/mol. The Balaban J connectivity index is 2.08. The summed E-state index contributed by atoms with van der Waals surface area (Å²) in [6, 6.07) is 5.37. The minimum Gasteiger partial charge on any atom is -0.496 e. The highest BCUT2D eigenvalue weighted by atomic mass is 16.5. The van der Waals surface area contributed by atoms with Crippen molar-refractivity contribution in [3.8, 4) is 5.75 Å². The molecule has 1 amide bonds. The molecule has 2 N–H and O–H groups in total. The summed E-state index contributed by atoms with van der Waals surface area (Å²) in [5.41, 5.74) is 1.59. The number of carbonyl (C=O) groups excluding carboxylic acids is 1. The van der Waals surface area contributed by atoms with E-state index in [1.54, 1.807) is 19.2 Å². The number of methoxy groups -OCH3 is 1. The predicted octanol–water partition coefficient (Wildman–Crippen LogP) is 2.44. The lowest BCUT2D eigenvalue weighted by atomic mass is 9.95. The number of hydrogen-bond acceptors (Lipinski definition) is 3. The topological polar surface area (TPSA) is 75.6 Å². The molecule has 5 heteroatoms. The minimum absolute atomic E-state index is 0.209. The number of anilines is 1. The first-order valence-electron chi connectivity index (χ1n) is 6.71. The number of carbonyl (C=O) groups is 2. The number of aliphatic carboxylic acids is 1. The van der Waals surface area contributed by atoms with E-state index in [9.17, 15) is 9.59 Å². The van der Waals surface area contributed by atoms with Crippen LogP contribution in [0, 0.1) is 18.8 Å². The van der Waals surface area contributed by atoms with Crippen molar-refractivity contribution in [2.45, 2.75) is 26.2 Å². The summed E-state index contributed by atoms with van der Waals surface area (Å²) in [5, 5.41) is 11.9. The Morgan fingerprint density at radius 1 is 1.30 bits per heavy atom. The average Bonchev–Trinajstić information content (AvgIpc) is 2.88. The molecule has 0 bridgehead atoms. The van der Waals surface area contributed by atoms with E-state index in [0.29, 0.717) is 18.5 Å². The predicted molar refractivity (Wildman–Crippen MR) is 74.8 cm³/mol. The van der Waals surface area contributed by atoms with E-state index in [2.05, 4.69) is 5.32 Å². The Kier molecular flexibility index (Phi) is 4.27. The summed E-state index contributed by atoms with van der Waals surface area (Å²) < 4.78 is 5.16. The van der Waals surface area contributed by atoms with E-state index in [-0.39, 0.29) is 5.91 Å². The van der Waals surface area contributed by atoms with E-state index < -0.39 is 17.8 Å². The lowest BCUT2D eigenvalue weighted by molar-refractivity contribution is -0.145. The van der Waals surface area contributed by atoms with Gasteiger partial charge in [-0.3, -0.25) is 9.59 Å². The standard InChI is InChI=1S/C15H19NO4/c1-9-8-10(6-7-13(9)20-2)16-14(17)11-4-3-5-12(11)15(18)19/h6-8,11-12H,3-5H2,1-2H3,(H,16,17)(H,18,19)/t11-,12+/m1/s1. The van der Waals surface area contributed by atoms with Gasteiger partial charge in [0.15, 0.2) is 0 Å². The van der Waals surface area contributed by atoms with Crippen molar-refractivity contribution >= 4 is 17.6 Å². The van der Waals surface area contributed by atoms with Crippen molar-refractivity contribution in [1.82, 2.24) is 0 Å². The Morgan fingerprint density at radius 3 is 2.60 bits per heavy atom. The Labute approximate surface area is 117 Å². The zero-order chi connectivity index (χ0) is 14.7. The van der Waals surface area contributed by atoms with Crippen LogP contribution in [-0.4, -0.2) is 24.1 Å². The van der Waals surface area contributed by atoms with Crippen LogP contribution in [0.2, 0.25) is 0 Å². The Morgan fingerprint density at radius 2 is 2.00 bits per heavy atom. The van der Waals surface area contributed by atoms with Gasteiger partial charge in [-0.25, -0.2) is 0 Å². The first kappa shape index (κ1) is 14.4. The first-order valence-corrected chi connectivity index (χ1v) is 6.71. The molecule has 0 aromatic heterocycles. The molecule has 20 heavy (non-hydrogen) atoms. The summed E-state index contributed by atoms with van der Waals surface area (Å²) in [7, 11) is 1.59.